The van der Waals surface area contributed by atoms with Crippen molar-refractivity contribution in [2.75, 3.05) is 7.11 Å². The van der Waals surface area contributed by atoms with Crippen molar-refractivity contribution in [1.29, 1.82) is 0 Å². The van der Waals surface area contributed by atoms with Crippen LogP contribution in [0.5, 0.6) is 11.5 Å². The second-order valence-corrected chi connectivity index (χ2v) is 6.38. The van der Waals surface area contributed by atoms with E-state index in [0.717, 1.165) is 3.57 Å². The van der Waals surface area contributed by atoms with Gasteiger partial charge in [0.15, 0.2) is 0 Å². The van der Waals surface area contributed by atoms with E-state index in [4.69, 9.17) is 27.9 Å². The lowest BCUT2D eigenvalue weighted by Crippen LogP contribution is -2.17. The van der Waals surface area contributed by atoms with E-state index in [2.05, 4.69) is 33.1 Å². The fourth-order valence-corrected chi connectivity index (χ4v) is 2.78. The van der Waals surface area contributed by atoms with Crippen LogP contribution < -0.4 is 10.2 Å². The van der Waals surface area contributed by atoms with Crippen LogP contribution in [0.2, 0.25) is 10.0 Å². The molecule has 0 heterocycles. The molecule has 0 saturated carbocycles. The number of carbonyl (C=O) groups excluding carboxylic acids is 1. The van der Waals surface area contributed by atoms with Gasteiger partial charge in [-0.15, -0.1) is 0 Å². The fraction of sp³-hybridized carbons (Fsp3) is 0.0667. The number of methoxy groups -OCH3 is 1. The Balaban J connectivity index is 2.13. The zero-order valence-electron chi connectivity index (χ0n) is 11.8. The Labute approximate surface area is 156 Å². The van der Waals surface area contributed by atoms with Gasteiger partial charge in [0.2, 0.25) is 0 Å². The largest absolute Gasteiger partial charge is 0.506 e. The Kier molecular flexibility index (Phi) is 6.09. The lowest BCUT2D eigenvalue weighted by atomic mass is 10.2. The molecule has 2 aromatic carbocycles. The molecular weight excluding hydrogens is 454 g/mol. The predicted molar refractivity (Wildman–Crippen MR) is 98.9 cm³/mol. The summed E-state index contributed by atoms with van der Waals surface area (Å²) in [5, 5.41) is 14.0. The average molecular weight is 465 g/mol. The molecular formula is C15H11Cl2IN2O3. The first kappa shape index (κ1) is 17.8. The monoisotopic (exact) mass is 464 g/mol. The maximum absolute atomic E-state index is 12.0. The molecule has 0 saturated heterocycles. The van der Waals surface area contributed by atoms with Gasteiger partial charge >= 0.3 is 0 Å². The minimum atomic E-state index is -0.413. The molecule has 0 aliphatic heterocycles. The standard InChI is InChI=1S/C15H11Cl2IN2O3/c1-23-13-5-8(2-3-12(13)18)15(22)20-19-7-9-4-10(16)6-11(17)14(9)21/h2-7,21H,1H3,(H,20,22)/b19-7-. The molecule has 5 nitrogen and oxygen atoms in total. The normalized spacial score (nSPS) is 10.8. The Morgan fingerprint density at radius 3 is 2.78 bits per heavy atom. The summed E-state index contributed by atoms with van der Waals surface area (Å²) in [5.74, 6) is 0.0232. The molecule has 0 aliphatic rings. The van der Waals surface area contributed by atoms with Crippen molar-refractivity contribution in [3.8, 4) is 11.5 Å². The number of nitrogens with one attached hydrogen (secondary N) is 1. The quantitative estimate of drug-likeness (QED) is 0.407. The summed E-state index contributed by atoms with van der Waals surface area (Å²) < 4.78 is 6.06. The highest BCUT2D eigenvalue weighted by Gasteiger charge is 2.09. The van der Waals surface area contributed by atoms with Crippen molar-refractivity contribution < 1.29 is 14.6 Å². The Morgan fingerprint density at radius 2 is 2.09 bits per heavy atom. The zero-order chi connectivity index (χ0) is 17.0. The van der Waals surface area contributed by atoms with Crippen LogP contribution in [0.15, 0.2) is 35.4 Å². The number of ether oxygens (including phenoxy) is 1. The molecule has 0 radical (unpaired) electrons. The van der Waals surface area contributed by atoms with Gasteiger partial charge in [-0.3, -0.25) is 4.79 Å². The lowest BCUT2D eigenvalue weighted by molar-refractivity contribution is 0.0954. The van der Waals surface area contributed by atoms with E-state index in [1.807, 2.05) is 0 Å². The molecule has 0 unspecified atom stereocenters. The summed E-state index contributed by atoms with van der Waals surface area (Å²) in [6.07, 6.45) is 1.26. The summed E-state index contributed by atoms with van der Waals surface area (Å²) in [5.41, 5.74) is 3.05. The van der Waals surface area contributed by atoms with Crippen LogP contribution in [0.3, 0.4) is 0 Å². The van der Waals surface area contributed by atoms with Gasteiger partial charge in [-0.2, -0.15) is 5.10 Å². The fourth-order valence-electron chi connectivity index (χ4n) is 1.71. The van der Waals surface area contributed by atoms with Crippen molar-refractivity contribution in [2.45, 2.75) is 0 Å². The topological polar surface area (TPSA) is 70.9 Å². The zero-order valence-corrected chi connectivity index (χ0v) is 15.5. The average Bonchev–Trinajstić information content (AvgIpc) is 2.52. The Hall–Kier alpha value is -1.51. The number of nitrogens with zero attached hydrogens (tertiary/aromatic N) is 1. The van der Waals surface area contributed by atoms with Crippen LogP contribution in [0.1, 0.15) is 15.9 Å². The maximum atomic E-state index is 12.0. The van der Waals surface area contributed by atoms with Crippen molar-refractivity contribution in [1.82, 2.24) is 5.43 Å². The Bertz CT molecular complexity index is 782. The number of hydrogen-bond donors (Lipinski definition) is 2. The summed E-state index contributed by atoms with van der Waals surface area (Å²) in [7, 11) is 1.53. The number of amides is 1. The van der Waals surface area contributed by atoms with E-state index in [0.29, 0.717) is 21.9 Å². The first-order valence-corrected chi connectivity index (χ1v) is 8.10. The highest BCUT2D eigenvalue weighted by atomic mass is 127. The van der Waals surface area contributed by atoms with Crippen LogP contribution >= 0.6 is 45.8 Å². The van der Waals surface area contributed by atoms with E-state index >= 15 is 0 Å². The lowest BCUT2D eigenvalue weighted by Gasteiger charge is -2.06. The molecule has 2 aromatic rings. The van der Waals surface area contributed by atoms with Crippen molar-refractivity contribution in [3.05, 3.63) is 55.1 Å². The number of aromatic hydroxyl groups is 1. The molecule has 0 bridgehead atoms. The van der Waals surface area contributed by atoms with Gasteiger partial charge in [-0.1, -0.05) is 23.2 Å². The molecule has 1 amide bonds. The number of hydrazone groups is 1. The van der Waals surface area contributed by atoms with Gasteiger partial charge in [0.1, 0.15) is 11.5 Å². The molecule has 8 heteroatoms. The van der Waals surface area contributed by atoms with Crippen LogP contribution in [-0.2, 0) is 0 Å². The number of phenolic OH excluding ortho intramolecular Hbond substituents is 1. The van der Waals surface area contributed by atoms with Crippen molar-refractivity contribution in [2.24, 2.45) is 5.10 Å². The van der Waals surface area contributed by atoms with Gasteiger partial charge in [0, 0.05) is 16.1 Å². The Morgan fingerprint density at radius 1 is 1.35 bits per heavy atom. The third kappa shape index (κ3) is 4.49. The summed E-state index contributed by atoms with van der Waals surface area (Å²) in [6, 6.07) is 7.92. The third-order valence-electron chi connectivity index (χ3n) is 2.84. The first-order chi connectivity index (χ1) is 10.9. The first-order valence-electron chi connectivity index (χ1n) is 6.27. The second-order valence-electron chi connectivity index (χ2n) is 4.37. The van der Waals surface area contributed by atoms with E-state index in [9.17, 15) is 9.90 Å². The molecule has 0 aliphatic carbocycles. The molecule has 2 rings (SSSR count). The number of benzene rings is 2. The molecule has 0 fully saturated rings. The van der Waals surface area contributed by atoms with Gasteiger partial charge in [-0.25, -0.2) is 5.43 Å². The number of carbonyl (C=O) groups is 1. The van der Waals surface area contributed by atoms with Gasteiger partial charge in [0.05, 0.1) is 21.9 Å². The van der Waals surface area contributed by atoms with Gasteiger partial charge in [0.25, 0.3) is 5.91 Å². The van der Waals surface area contributed by atoms with Gasteiger partial charge in [-0.05, 0) is 52.9 Å². The van der Waals surface area contributed by atoms with Crippen LogP contribution in [0, 0.1) is 3.57 Å². The number of phenols is 1. The minimum Gasteiger partial charge on any atom is -0.506 e. The van der Waals surface area contributed by atoms with E-state index in [-0.39, 0.29) is 10.8 Å². The van der Waals surface area contributed by atoms with Crippen LogP contribution in [0.25, 0.3) is 0 Å². The smallest absolute Gasteiger partial charge is 0.271 e. The minimum absolute atomic E-state index is 0.104. The number of rotatable bonds is 4. The van der Waals surface area contributed by atoms with E-state index in [1.54, 1.807) is 18.2 Å². The predicted octanol–water partition coefficient (Wildman–Crippen LogP) is 4.08. The molecule has 0 spiro atoms. The third-order valence-corrected chi connectivity index (χ3v) is 4.24. The van der Waals surface area contributed by atoms with Crippen LogP contribution in [0.4, 0.5) is 0 Å². The number of halogens is 3. The highest BCUT2D eigenvalue weighted by molar-refractivity contribution is 14.1. The molecule has 0 atom stereocenters. The van der Waals surface area contributed by atoms with Gasteiger partial charge < -0.3 is 9.84 Å². The summed E-state index contributed by atoms with van der Waals surface area (Å²) >= 11 is 13.8. The van der Waals surface area contributed by atoms with E-state index < -0.39 is 5.91 Å². The molecule has 2 N–H and O–H groups in total. The SMILES string of the molecule is COc1cc(C(=O)N/N=C\c2cc(Cl)cc(Cl)c2O)ccc1I. The summed E-state index contributed by atoms with van der Waals surface area (Å²) in [6.45, 7) is 0. The molecule has 120 valence electrons. The second kappa shape index (κ2) is 7.85. The summed E-state index contributed by atoms with van der Waals surface area (Å²) in [4.78, 5) is 12.0. The van der Waals surface area contributed by atoms with E-state index in [1.165, 1.54) is 25.5 Å². The van der Waals surface area contributed by atoms with Crippen molar-refractivity contribution in [3.63, 3.8) is 0 Å². The highest BCUT2D eigenvalue weighted by Crippen LogP contribution is 2.30. The van der Waals surface area contributed by atoms with Crippen molar-refractivity contribution >= 4 is 57.9 Å². The van der Waals surface area contributed by atoms with Crippen LogP contribution in [-0.4, -0.2) is 24.3 Å². The maximum Gasteiger partial charge on any atom is 0.271 e. The number of hydrogen-bond acceptors (Lipinski definition) is 4. The molecule has 23 heavy (non-hydrogen) atoms. The molecule has 0 aromatic heterocycles.